The highest BCUT2D eigenvalue weighted by atomic mass is 16.5. The third kappa shape index (κ3) is 23.4. The monoisotopic (exact) mass is 464 g/mol. The first-order valence-electron chi connectivity index (χ1n) is 13.8. The lowest BCUT2D eigenvalue weighted by atomic mass is 9.97. The van der Waals surface area contributed by atoms with E-state index in [0.29, 0.717) is 6.42 Å². The van der Waals surface area contributed by atoms with Crippen LogP contribution >= 0.6 is 0 Å². The molecular weight excluding hydrogens is 412 g/mol. The van der Waals surface area contributed by atoms with Gasteiger partial charge in [-0.15, -0.1) is 0 Å². The first-order valence-corrected chi connectivity index (χ1v) is 13.8. The lowest BCUT2D eigenvalue weighted by Crippen LogP contribution is -2.19. The molecule has 0 saturated carbocycles. The lowest BCUT2D eigenvalue weighted by Gasteiger charge is -2.11. The van der Waals surface area contributed by atoms with Crippen molar-refractivity contribution in [3.8, 4) is 0 Å². The van der Waals surface area contributed by atoms with Gasteiger partial charge in [-0.3, -0.25) is 9.59 Å². The van der Waals surface area contributed by atoms with Crippen molar-refractivity contribution in [1.82, 2.24) is 0 Å². The van der Waals surface area contributed by atoms with Crippen LogP contribution in [0.2, 0.25) is 0 Å². The molecule has 0 bridgehead atoms. The smallest absolute Gasteiger partial charge is 0.307 e. The van der Waals surface area contributed by atoms with Crippen LogP contribution in [-0.2, 0) is 14.3 Å². The van der Waals surface area contributed by atoms with Crippen molar-refractivity contribution in [3.63, 3.8) is 0 Å². The Hall–Kier alpha value is -1.58. The molecule has 1 unspecified atom stereocenters. The number of hydrogen-bond donors (Lipinski definition) is 1. The van der Waals surface area contributed by atoms with Crippen LogP contribution in [-0.4, -0.2) is 23.7 Å². The summed E-state index contributed by atoms with van der Waals surface area (Å²) in [4.78, 5) is 22.9. The second kappa shape index (κ2) is 25.1. The number of carboxylic acid groups (broad SMARTS) is 1. The van der Waals surface area contributed by atoms with E-state index in [-0.39, 0.29) is 13.0 Å². The molecule has 0 aliphatic carbocycles. The van der Waals surface area contributed by atoms with Gasteiger partial charge in [-0.2, -0.15) is 0 Å². The van der Waals surface area contributed by atoms with E-state index in [1.807, 2.05) is 0 Å². The van der Waals surface area contributed by atoms with Crippen LogP contribution in [0.3, 0.4) is 0 Å². The van der Waals surface area contributed by atoms with E-state index in [1.165, 1.54) is 102 Å². The molecule has 0 aliphatic rings. The molecule has 1 atom stereocenters. The van der Waals surface area contributed by atoms with Crippen molar-refractivity contribution >= 4 is 11.9 Å². The van der Waals surface area contributed by atoms with Gasteiger partial charge in [0.1, 0.15) is 6.61 Å². The second-order valence-electron chi connectivity index (χ2n) is 9.35. The molecule has 0 amide bonds. The molecule has 0 heterocycles. The zero-order valence-corrected chi connectivity index (χ0v) is 21.5. The average molecular weight is 465 g/mol. The van der Waals surface area contributed by atoms with Crippen LogP contribution < -0.4 is 0 Å². The molecule has 192 valence electrons. The summed E-state index contributed by atoms with van der Waals surface area (Å²) < 4.78 is 4.90. The van der Waals surface area contributed by atoms with Crippen LogP contribution in [0.5, 0.6) is 0 Å². The molecule has 1 N–H and O–H groups in total. The molecular formula is C29H52O4. The summed E-state index contributed by atoms with van der Waals surface area (Å²) in [6, 6.07) is 0. The number of hydrogen-bond acceptors (Lipinski definition) is 3. The maximum Gasteiger partial charge on any atom is 0.307 e. The Kier molecular flexibility index (Phi) is 23.9. The minimum absolute atomic E-state index is 0.0431. The van der Waals surface area contributed by atoms with Crippen molar-refractivity contribution in [1.29, 1.82) is 0 Å². The van der Waals surface area contributed by atoms with Crippen molar-refractivity contribution in [3.05, 3.63) is 24.8 Å². The minimum atomic E-state index is -0.903. The molecule has 0 radical (unpaired) electrons. The van der Waals surface area contributed by atoms with Gasteiger partial charge in [0.15, 0.2) is 0 Å². The summed E-state index contributed by atoms with van der Waals surface area (Å²) in [6.07, 6.45) is 29.7. The molecule has 0 aliphatic heterocycles. The predicted octanol–water partition coefficient (Wildman–Crippen LogP) is 8.79. The molecule has 0 aromatic carbocycles. The number of ether oxygens (including phenoxy) is 1. The maximum atomic E-state index is 11.6. The van der Waals surface area contributed by atoms with Crippen molar-refractivity contribution in [2.45, 2.75) is 135 Å². The summed E-state index contributed by atoms with van der Waals surface area (Å²) >= 11 is 0. The van der Waals surface area contributed by atoms with E-state index in [9.17, 15) is 14.7 Å². The van der Waals surface area contributed by atoms with Crippen LogP contribution in [0.4, 0.5) is 0 Å². The van der Waals surface area contributed by atoms with Gasteiger partial charge in [0.2, 0.25) is 0 Å². The van der Waals surface area contributed by atoms with Gasteiger partial charge in [-0.05, 0) is 32.1 Å². The molecule has 4 nitrogen and oxygen atoms in total. The summed E-state index contributed by atoms with van der Waals surface area (Å²) in [5.41, 5.74) is 0. The fraction of sp³-hybridized carbons (Fsp3) is 0.793. The molecule has 0 saturated heterocycles. The molecule has 0 aromatic rings. The average Bonchev–Trinajstić information content (AvgIpc) is 2.80. The SMILES string of the molecule is C=CCOC(=O)CC(CCCCCCCCCCCCC/C=C/CCCCCCC)C(=O)O. The number of rotatable bonds is 25. The lowest BCUT2D eigenvalue weighted by molar-refractivity contribution is -0.151. The van der Waals surface area contributed by atoms with Crippen molar-refractivity contribution in [2.24, 2.45) is 5.92 Å². The second-order valence-corrected chi connectivity index (χ2v) is 9.35. The third-order valence-electron chi connectivity index (χ3n) is 6.19. The third-order valence-corrected chi connectivity index (χ3v) is 6.19. The highest BCUT2D eigenvalue weighted by Crippen LogP contribution is 2.17. The molecule has 0 spiro atoms. The first kappa shape index (κ1) is 31.4. The van der Waals surface area contributed by atoms with E-state index >= 15 is 0 Å². The number of carbonyl (C=O) groups excluding carboxylic acids is 1. The summed E-state index contributed by atoms with van der Waals surface area (Å²) in [5, 5.41) is 9.28. The molecule has 0 rings (SSSR count). The number of carboxylic acids is 1. The number of aliphatic carboxylic acids is 1. The van der Waals surface area contributed by atoms with Gasteiger partial charge in [0.05, 0.1) is 12.3 Å². The topological polar surface area (TPSA) is 63.6 Å². The Labute approximate surface area is 204 Å². The molecule has 0 fully saturated rings. The Balaban J connectivity index is 3.41. The van der Waals surface area contributed by atoms with Gasteiger partial charge in [0, 0.05) is 0 Å². The Morgan fingerprint density at radius 3 is 1.67 bits per heavy atom. The van der Waals surface area contributed by atoms with E-state index in [0.717, 1.165) is 19.3 Å². The van der Waals surface area contributed by atoms with Gasteiger partial charge in [0.25, 0.3) is 0 Å². The van der Waals surface area contributed by atoms with E-state index in [2.05, 4.69) is 25.7 Å². The fourth-order valence-electron chi connectivity index (χ4n) is 4.07. The van der Waals surface area contributed by atoms with E-state index in [4.69, 9.17) is 4.74 Å². The van der Waals surface area contributed by atoms with E-state index in [1.54, 1.807) is 0 Å². The zero-order valence-electron chi connectivity index (χ0n) is 21.5. The van der Waals surface area contributed by atoms with Gasteiger partial charge >= 0.3 is 11.9 Å². The van der Waals surface area contributed by atoms with Crippen LogP contribution in [0, 0.1) is 5.92 Å². The van der Waals surface area contributed by atoms with Crippen molar-refractivity contribution in [2.75, 3.05) is 6.61 Å². The standard InChI is InChI=1S/C29H52O4/c1-3-5-6-7-8-9-10-11-12-13-14-15-16-17-18-19-20-21-22-23-24-27(29(31)32)26-28(30)33-25-4-2/h4,10-11,27H,2-3,5-9,12-26H2,1H3,(H,31,32)/b11-10+. The molecule has 4 heteroatoms. The zero-order chi connectivity index (χ0) is 24.4. The largest absolute Gasteiger partial charge is 0.481 e. The number of unbranched alkanes of at least 4 members (excludes halogenated alkanes) is 16. The van der Waals surface area contributed by atoms with Gasteiger partial charge in [-0.1, -0.05) is 122 Å². The van der Waals surface area contributed by atoms with Crippen molar-refractivity contribution < 1.29 is 19.4 Å². The van der Waals surface area contributed by atoms with Crippen LogP contribution in [0.25, 0.3) is 0 Å². The van der Waals surface area contributed by atoms with Crippen LogP contribution in [0.1, 0.15) is 135 Å². The normalized spacial score (nSPS) is 12.2. The minimum Gasteiger partial charge on any atom is -0.481 e. The quantitative estimate of drug-likeness (QED) is 0.0832. The summed E-state index contributed by atoms with van der Waals surface area (Å²) in [5.74, 6) is -1.99. The Morgan fingerprint density at radius 2 is 1.21 bits per heavy atom. The molecule has 33 heavy (non-hydrogen) atoms. The molecule has 0 aromatic heterocycles. The Bertz CT molecular complexity index is 498. The first-order chi connectivity index (χ1) is 16.1. The van der Waals surface area contributed by atoms with E-state index < -0.39 is 17.9 Å². The fourth-order valence-corrected chi connectivity index (χ4v) is 4.07. The number of esters is 1. The van der Waals surface area contributed by atoms with Gasteiger partial charge < -0.3 is 9.84 Å². The number of carbonyl (C=O) groups is 2. The maximum absolute atomic E-state index is 11.6. The summed E-state index contributed by atoms with van der Waals surface area (Å²) in [6.45, 7) is 5.89. The predicted molar refractivity (Wildman–Crippen MR) is 139 cm³/mol. The van der Waals surface area contributed by atoms with Gasteiger partial charge in [-0.25, -0.2) is 0 Å². The highest BCUT2D eigenvalue weighted by Gasteiger charge is 2.21. The Morgan fingerprint density at radius 1 is 0.758 bits per heavy atom. The summed E-state index contributed by atoms with van der Waals surface area (Å²) in [7, 11) is 0. The van der Waals surface area contributed by atoms with Crippen LogP contribution in [0.15, 0.2) is 24.8 Å². The highest BCUT2D eigenvalue weighted by molar-refractivity contribution is 5.78. The number of allylic oxidation sites excluding steroid dienone is 2.